The third kappa shape index (κ3) is 6.10. The van der Waals surface area contributed by atoms with Crippen molar-refractivity contribution in [1.82, 2.24) is 25.4 Å². The van der Waals surface area contributed by atoms with Crippen LogP contribution in [0.4, 0.5) is 13.2 Å². The Hall–Kier alpha value is -2.78. The Morgan fingerprint density at radius 3 is 2.79 bits per heavy atom. The molecule has 0 radical (unpaired) electrons. The normalized spacial score (nSPS) is 14.8. The maximum atomic E-state index is 12.5. The fraction of sp³-hybridized carbons (Fsp3) is 0.526. The molecule has 1 aromatic carbocycles. The van der Waals surface area contributed by atoms with E-state index in [1.165, 1.54) is 18.6 Å². The van der Waals surface area contributed by atoms with Crippen molar-refractivity contribution < 1.29 is 17.9 Å². The first kappa shape index (κ1) is 20.9. The molecular weight excluding hydrogens is 385 g/mol. The number of guanidine groups is 1. The first-order valence-electron chi connectivity index (χ1n) is 9.65. The fourth-order valence-electron chi connectivity index (χ4n) is 3.30. The molecule has 2 aromatic rings. The van der Waals surface area contributed by atoms with Gasteiger partial charge in [0.1, 0.15) is 17.4 Å². The van der Waals surface area contributed by atoms with Crippen molar-refractivity contribution in [2.45, 2.75) is 51.6 Å². The second-order valence-corrected chi connectivity index (χ2v) is 6.75. The molecule has 0 aliphatic carbocycles. The van der Waals surface area contributed by atoms with E-state index in [2.05, 4.69) is 35.1 Å². The predicted octanol–water partition coefficient (Wildman–Crippen LogP) is 2.81. The lowest BCUT2D eigenvalue weighted by molar-refractivity contribution is -0.274. The van der Waals surface area contributed by atoms with E-state index in [-0.39, 0.29) is 12.3 Å². The van der Waals surface area contributed by atoms with Crippen LogP contribution in [0.15, 0.2) is 29.3 Å². The van der Waals surface area contributed by atoms with Gasteiger partial charge in [0, 0.05) is 45.1 Å². The molecule has 158 valence electrons. The van der Waals surface area contributed by atoms with Crippen molar-refractivity contribution in [2.75, 3.05) is 13.6 Å². The first-order chi connectivity index (χ1) is 14.0. The molecule has 2 heterocycles. The predicted molar refractivity (Wildman–Crippen MR) is 103 cm³/mol. The number of nitrogens with zero attached hydrogens (tertiary/aromatic N) is 4. The number of benzene rings is 1. The van der Waals surface area contributed by atoms with Crippen LogP contribution in [0.1, 0.15) is 36.5 Å². The van der Waals surface area contributed by atoms with Crippen LogP contribution in [0.5, 0.6) is 5.75 Å². The zero-order valence-electron chi connectivity index (χ0n) is 16.3. The third-order valence-electron chi connectivity index (χ3n) is 4.70. The molecule has 29 heavy (non-hydrogen) atoms. The Morgan fingerprint density at radius 1 is 1.17 bits per heavy atom. The largest absolute Gasteiger partial charge is 0.573 e. The highest BCUT2D eigenvalue weighted by Crippen LogP contribution is 2.26. The summed E-state index contributed by atoms with van der Waals surface area (Å²) in [5, 5.41) is 14.7. The molecule has 3 rings (SSSR count). The summed E-state index contributed by atoms with van der Waals surface area (Å²) < 4.78 is 43.9. The van der Waals surface area contributed by atoms with Gasteiger partial charge in [-0.3, -0.25) is 4.99 Å². The summed E-state index contributed by atoms with van der Waals surface area (Å²) in [6.45, 7) is 1.67. The van der Waals surface area contributed by atoms with Gasteiger partial charge < -0.3 is 19.9 Å². The monoisotopic (exact) mass is 410 g/mol. The van der Waals surface area contributed by atoms with Crippen LogP contribution in [-0.4, -0.2) is 40.7 Å². The minimum atomic E-state index is -4.73. The van der Waals surface area contributed by atoms with Crippen molar-refractivity contribution in [2.24, 2.45) is 4.99 Å². The number of hydrogen-bond donors (Lipinski definition) is 2. The van der Waals surface area contributed by atoms with Crippen LogP contribution in [0.2, 0.25) is 0 Å². The Kier molecular flexibility index (Phi) is 6.95. The van der Waals surface area contributed by atoms with Gasteiger partial charge in [-0.1, -0.05) is 24.6 Å². The van der Waals surface area contributed by atoms with Crippen LogP contribution in [0, 0.1) is 0 Å². The summed E-state index contributed by atoms with van der Waals surface area (Å²) >= 11 is 0. The number of alkyl halides is 3. The average molecular weight is 410 g/mol. The SMILES string of the molecule is CN=C(NCCc1nnc2n1CCCCC2)NCc1ccccc1OC(F)(F)F. The minimum Gasteiger partial charge on any atom is -0.405 e. The van der Waals surface area contributed by atoms with Gasteiger partial charge in [0.05, 0.1) is 0 Å². The Labute approximate surface area is 167 Å². The van der Waals surface area contributed by atoms with Gasteiger partial charge in [-0.2, -0.15) is 0 Å². The highest BCUT2D eigenvalue weighted by atomic mass is 19.4. The molecule has 1 aliphatic heterocycles. The van der Waals surface area contributed by atoms with E-state index in [0.29, 0.717) is 24.5 Å². The van der Waals surface area contributed by atoms with Gasteiger partial charge in [0.25, 0.3) is 0 Å². The van der Waals surface area contributed by atoms with Crippen LogP contribution in [0.25, 0.3) is 0 Å². The van der Waals surface area contributed by atoms with Crippen molar-refractivity contribution in [3.8, 4) is 5.75 Å². The number of hydrogen-bond acceptors (Lipinski definition) is 4. The molecule has 2 N–H and O–H groups in total. The van der Waals surface area contributed by atoms with E-state index in [1.54, 1.807) is 19.2 Å². The summed E-state index contributed by atoms with van der Waals surface area (Å²) in [6.07, 6.45) is 0.397. The quantitative estimate of drug-likeness (QED) is 0.566. The Morgan fingerprint density at radius 2 is 2.00 bits per heavy atom. The molecule has 0 bridgehead atoms. The minimum absolute atomic E-state index is 0.145. The van der Waals surface area contributed by atoms with E-state index in [9.17, 15) is 13.2 Å². The maximum absolute atomic E-state index is 12.5. The summed E-state index contributed by atoms with van der Waals surface area (Å²) in [4.78, 5) is 4.12. The van der Waals surface area contributed by atoms with E-state index in [1.807, 2.05) is 0 Å². The number of ether oxygens (including phenoxy) is 1. The highest BCUT2D eigenvalue weighted by Gasteiger charge is 2.31. The highest BCUT2D eigenvalue weighted by molar-refractivity contribution is 5.79. The molecule has 1 aliphatic rings. The van der Waals surface area contributed by atoms with E-state index in [4.69, 9.17) is 0 Å². The molecule has 0 atom stereocenters. The lowest BCUT2D eigenvalue weighted by atomic mass is 10.2. The van der Waals surface area contributed by atoms with Crippen molar-refractivity contribution in [3.05, 3.63) is 41.5 Å². The van der Waals surface area contributed by atoms with Crippen LogP contribution in [0.3, 0.4) is 0 Å². The smallest absolute Gasteiger partial charge is 0.405 e. The van der Waals surface area contributed by atoms with Gasteiger partial charge in [-0.15, -0.1) is 23.4 Å². The van der Waals surface area contributed by atoms with E-state index < -0.39 is 6.36 Å². The summed E-state index contributed by atoms with van der Waals surface area (Å²) in [6, 6.07) is 6.02. The third-order valence-corrected chi connectivity index (χ3v) is 4.70. The molecule has 0 unspecified atom stereocenters. The second kappa shape index (κ2) is 9.62. The van der Waals surface area contributed by atoms with E-state index >= 15 is 0 Å². The van der Waals surface area contributed by atoms with Crippen LogP contribution >= 0.6 is 0 Å². The molecule has 0 amide bonds. The lowest BCUT2D eigenvalue weighted by Crippen LogP contribution is -2.38. The number of aryl methyl sites for hydroxylation is 1. The number of aliphatic imine (C=N–C) groups is 1. The zero-order valence-corrected chi connectivity index (χ0v) is 16.3. The number of para-hydroxylation sites is 1. The summed E-state index contributed by atoms with van der Waals surface area (Å²) in [5.41, 5.74) is 0.385. The number of halogens is 3. The lowest BCUT2D eigenvalue weighted by Gasteiger charge is -2.15. The van der Waals surface area contributed by atoms with Gasteiger partial charge in [0.15, 0.2) is 5.96 Å². The first-order valence-corrected chi connectivity index (χ1v) is 9.65. The number of fused-ring (bicyclic) bond motifs is 1. The molecule has 0 saturated carbocycles. The van der Waals surface area contributed by atoms with Crippen molar-refractivity contribution in [3.63, 3.8) is 0 Å². The molecule has 1 aromatic heterocycles. The van der Waals surface area contributed by atoms with E-state index in [0.717, 1.165) is 37.5 Å². The fourth-order valence-corrected chi connectivity index (χ4v) is 3.30. The van der Waals surface area contributed by atoms with Crippen LogP contribution in [-0.2, 0) is 25.9 Å². The Balaban J connectivity index is 1.52. The Bertz CT molecular complexity index is 834. The standard InChI is InChI=1S/C19H25F3N6O/c1-23-18(25-13-14-7-4-5-8-15(14)29-19(20,21)22)24-11-10-17-27-26-16-9-3-2-6-12-28(16)17/h4-5,7-8H,2-3,6,9-13H2,1H3,(H2,23,24,25). The molecule has 10 heteroatoms. The van der Waals surface area contributed by atoms with Gasteiger partial charge in [-0.25, -0.2) is 0 Å². The zero-order chi connectivity index (χ0) is 20.7. The molecular formula is C19H25F3N6O. The second-order valence-electron chi connectivity index (χ2n) is 6.75. The summed E-state index contributed by atoms with van der Waals surface area (Å²) in [5.74, 6) is 2.24. The van der Waals surface area contributed by atoms with Crippen LogP contribution < -0.4 is 15.4 Å². The molecule has 0 saturated heterocycles. The average Bonchev–Trinajstić information content (AvgIpc) is 2.91. The molecule has 0 fully saturated rings. The maximum Gasteiger partial charge on any atom is 0.573 e. The topological polar surface area (TPSA) is 76.4 Å². The van der Waals surface area contributed by atoms with Crippen molar-refractivity contribution >= 4 is 5.96 Å². The summed E-state index contributed by atoms with van der Waals surface area (Å²) in [7, 11) is 1.61. The number of rotatable bonds is 6. The van der Waals surface area contributed by atoms with Gasteiger partial charge in [-0.05, 0) is 18.9 Å². The number of nitrogens with one attached hydrogen (secondary N) is 2. The van der Waals surface area contributed by atoms with Gasteiger partial charge >= 0.3 is 6.36 Å². The van der Waals surface area contributed by atoms with Gasteiger partial charge in [0.2, 0.25) is 0 Å². The van der Waals surface area contributed by atoms with Crippen molar-refractivity contribution in [1.29, 1.82) is 0 Å². The number of aromatic nitrogens is 3. The molecule has 7 nitrogen and oxygen atoms in total. The molecule has 0 spiro atoms.